The molecule has 1 aliphatic heterocycles. The van der Waals surface area contributed by atoms with Crippen LogP contribution in [0.4, 0.5) is 0 Å². The van der Waals surface area contributed by atoms with Crippen molar-refractivity contribution in [3.05, 3.63) is 35.9 Å². The lowest BCUT2D eigenvalue weighted by Crippen LogP contribution is -2.48. The molecule has 20 heavy (non-hydrogen) atoms. The topological polar surface area (TPSA) is 46.3 Å². The van der Waals surface area contributed by atoms with Gasteiger partial charge in [-0.05, 0) is 32.3 Å². The van der Waals surface area contributed by atoms with E-state index in [2.05, 4.69) is 0 Å². The predicted molar refractivity (Wildman–Crippen MR) is 85.6 cm³/mol. The highest BCUT2D eigenvalue weighted by Crippen LogP contribution is 2.28. The van der Waals surface area contributed by atoms with Crippen LogP contribution < -0.4 is 5.73 Å². The maximum Gasteiger partial charge on any atom is 0.232 e. The van der Waals surface area contributed by atoms with Gasteiger partial charge in [-0.15, -0.1) is 0 Å². The number of piperidine rings is 1. The van der Waals surface area contributed by atoms with Crippen LogP contribution in [0.5, 0.6) is 0 Å². The number of thiocarbonyl (C=S) groups is 1. The van der Waals surface area contributed by atoms with Crippen LogP contribution >= 0.6 is 12.2 Å². The van der Waals surface area contributed by atoms with E-state index in [1.807, 2.05) is 49.1 Å². The number of amides is 1. The van der Waals surface area contributed by atoms with Gasteiger partial charge in [-0.25, -0.2) is 0 Å². The number of nitrogens with two attached hydrogens (primary N) is 1. The molecule has 1 aromatic rings. The number of carbonyl (C=O) groups is 1. The zero-order valence-corrected chi connectivity index (χ0v) is 13.0. The molecule has 0 unspecified atom stereocenters. The van der Waals surface area contributed by atoms with Crippen LogP contribution in [0.15, 0.2) is 30.3 Å². The molecule has 3 nitrogen and oxygen atoms in total. The van der Waals surface area contributed by atoms with Crippen molar-refractivity contribution in [3.63, 3.8) is 0 Å². The molecule has 1 amide bonds. The number of rotatable bonds is 3. The normalized spacial score (nSPS) is 17.0. The van der Waals surface area contributed by atoms with E-state index in [4.69, 9.17) is 18.0 Å². The molecule has 0 bridgehead atoms. The first-order valence-corrected chi connectivity index (χ1v) is 7.48. The highest BCUT2D eigenvalue weighted by atomic mass is 32.1. The number of likely N-dealkylation sites (tertiary alicyclic amines) is 1. The number of hydrogen-bond donors (Lipinski definition) is 1. The SMILES string of the molecule is CC(C)(C(=O)N1CCC(C(N)=S)CC1)c1ccccc1. The van der Waals surface area contributed by atoms with Gasteiger partial charge in [0.15, 0.2) is 0 Å². The molecule has 0 atom stereocenters. The van der Waals surface area contributed by atoms with E-state index in [0.717, 1.165) is 31.5 Å². The third-order valence-electron chi connectivity index (χ3n) is 4.21. The number of benzene rings is 1. The first kappa shape index (κ1) is 15.0. The lowest BCUT2D eigenvalue weighted by atomic mass is 9.82. The second-order valence-corrected chi connectivity index (χ2v) is 6.43. The smallest absolute Gasteiger partial charge is 0.232 e. The molecule has 0 aromatic heterocycles. The summed E-state index contributed by atoms with van der Waals surface area (Å²) < 4.78 is 0. The van der Waals surface area contributed by atoms with Crippen molar-refractivity contribution in [3.8, 4) is 0 Å². The third kappa shape index (κ3) is 3.01. The van der Waals surface area contributed by atoms with Crippen molar-refractivity contribution in [1.29, 1.82) is 0 Å². The Labute approximate surface area is 126 Å². The van der Waals surface area contributed by atoms with Gasteiger partial charge in [-0.1, -0.05) is 42.5 Å². The Bertz CT molecular complexity index is 490. The second-order valence-electron chi connectivity index (χ2n) is 5.96. The molecule has 1 aromatic carbocycles. The summed E-state index contributed by atoms with van der Waals surface area (Å²) in [6.45, 7) is 5.48. The maximum atomic E-state index is 12.8. The van der Waals surface area contributed by atoms with Gasteiger partial charge in [0.1, 0.15) is 0 Å². The standard InChI is InChI=1S/C16H22N2OS/c1-16(2,13-6-4-3-5-7-13)15(19)18-10-8-12(9-11-18)14(17)20/h3-7,12H,8-11H2,1-2H3,(H2,17,20). The Morgan fingerprint density at radius 3 is 2.30 bits per heavy atom. The van der Waals surface area contributed by atoms with Crippen molar-refractivity contribution in [1.82, 2.24) is 4.90 Å². The highest BCUT2D eigenvalue weighted by Gasteiger charge is 2.35. The van der Waals surface area contributed by atoms with Crippen molar-refractivity contribution in [2.75, 3.05) is 13.1 Å². The quantitative estimate of drug-likeness (QED) is 0.870. The van der Waals surface area contributed by atoms with E-state index in [9.17, 15) is 4.79 Å². The van der Waals surface area contributed by atoms with E-state index < -0.39 is 5.41 Å². The third-order valence-corrected chi connectivity index (χ3v) is 4.55. The minimum absolute atomic E-state index is 0.185. The minimum atomic E-state index is -0.489. The van der Waals surface area contributed by atoms with Gasteiger partial charge in [-0.3, -0.25) is 4.79 Å². The molecule has 1 saturated heterocycles. The summed E-state index contributed by atoms with van der Waals surface area (Å²) in [6, 6.07) is 9.95. The Kier molecular flexibility index (Phi) is 4.43. The fourth-order valence-electron chi connectivity index (χ4n) is 2.74. The number of carbonyl (C=O) groups excluding carboxylic acids is 1. The van der Waals surface area contributed by atoms with Crippen LogP contribution in [0.2, 0.25) is 0 Å². The van der Waals surface area contributed by atoms with Crippen LogP contribution in [0.25, 0.3) is 0 Å². The Morgan fingerprint density at radius 1 is 1.25 bits per heavy atom. The van der Waals surface area contributed by atoms with Crippen LogP contribution in [-0.2, 0) is 10.2 Å². The molecule has 1 fully saturated rings. The molecule has 1 heterocycles. The predicted octanol–water partition coefficient (Wildman–Crippen LogP) is 2.49. The lowest BCUT2D eigenvalue weighted by Gasteiger charge is -2.37. The van der Waals surface area contributed by atoms with Crippen LogP contribution in [0.3, 0.4) is 0 Å². The largest absolute Gasteiger partial charge is 0.393 e. The monoisotopic (exact) mass is 290 g/mol. The van der Waals surface area contributed by atoms with Gasteiger partial charge in [0.25, 0.3) is 0 Å². The van der Waals surface area contributed by atoms with Crippen LogP contribution in [-0.4, -0.2) is 28.9 Å². The highest BCUT2D eigenvalue weighted by molar-refractivity contribution is 7.80. The second kappa shape index (κ2) is 5.92. The molecule has 0 radical (unpaired) electrons. The lowest BCUT2D eigenvalue weighted by molar-refractivity contribution is -0.137. The fraction of sp³-hybridized carbons (Fsp3) is 0.500. The molecular weight excluding hydrogens is 268 g/mol. The molecule has 0 spiro atoms. The summed E-state index contributed by atoms with van der Waals surface area (Å²) in [5.41, 5.74) is 6.26. The summed E-state index contributed by atoms with van der Waals surface area (Å²) in [6.07, 6.45) is 1.76. The fourth-order valence-corrected chi connectivity index (χ4v) is 2.98. The Morgan fingerprint density at radius 2 is 1.80 bits per heavy atom. The molecule has 0 saturated carbocycles. The van der Waals surface area contributed by atoms with Crippen molar-refractivity contribution in [2.24, 2.45) is 11.7 Å². The summed E-state index contributed by atoms with van der Waals surface area (Å²) in [4.78, 5) is 15.3. The van der Waals surface area contributed by atoms with E-state index in [-0.39, 0.29) is 11.8 Å². The Balaban J connectivity index is 2.07. The zero-order chi connectivity index (χ0) is 14.8. The molecule has 108 valence electrons. The van der Waals surface area contributed by atoms with Gasteiger partial charge in [-0.2, -0.15) is 0 Å². The van der Waals surface area contributed by atoms with Crippen LogP contribution in [0, 0.1) is 5.92 Å². The van der Waals surface area contributed by atoms with Gasteiger partial charge in [0.2, 0.25) is 5.91 Å². The van der Waals surface area contributed by atoms with E-state index in [1.165, 1.54) is 0 Å². The minimum Gasteiger partial charge on any atom is -0.393 e. The van der Waals surface area contributed by atoms with Gasteiger partial charge in [0, 0.05) is 19.0 Å². The Hall–Kier alpha value is -1.42. The van der Waals surface area contributed by atoms with Crippen molar-refractivity contribution >= 4 is 23.1 Å². The van der Waals surface area contributed by atoms with Crippen molar-refractivity contribution in [2.45, 2.75) is 32.1 Å². The van der Waals surface area contributed by atoms with E-state index in [0.29, 0.717) is 4.99 Å². The maximum absolute atomic E-state index is 12.8. The average molecular weight is 290 g/mol. The van der Waals surface area contributed by atoms with Gasteiger partial charge < -0.3 is 10.6 Å². The van der Waals surface area contributed by atoms with Crippen molar-refractivity contribution < 1.29 is 4.79 Å². The first-order valence-electron chi connectivity index (χ1n) is 7.07. The van der Waals surface area contributed by atoms with Gasteiger partial charge >= 0.3 is 0 Å². The van der Waals surface area contributed by atoms with Gasteiger partial charge in [0.05, 0.1) is 10.4 Å². The molecular formula is C16H22N2OS. The average Bonchev–Trinajstić information content (AvgIpc) is 2.47. The summed E-state index contributed by atoms with van der Waals surface area (Å²) in [5.74, 6) is 0.471. The van der Waals surface area contributed by atoms with E-state index >= 15 is 0 Å². The first-order chi connectivity index (χ1) is 9.43. The molecule has 2 rings (SSSR count). The number of hydrogen-bond acceptors (Lipinski definition) is 2. The summed E-state index contributed by atoms with van der Waals surface area (Å²) >= 11 is 5.04. The zero-order valence-electron chi connectivity index (χ0n) is 12.1. The molecule has 0 aliphatic carbocycles. The molecule has 1 aliphatic rings. The number of nitrogens with zero attached hydrogens (tertiary/aromatic N) is 1. The van der Waals surface area contributed by atoms with Crippen LogP contribution in [0.1, 0.15) is 32.3 Å². The summed E-state index contributed by atoms with van der Waals surface area (Å²) in [5, 5.41) is 0. The molecule has 2 N–H and O–H groups in total. The molecule has 4 heteroatoms. The summed E-state index contributed by atoms with van der Waals surface area (Å²) in [7, 11) is 0. The van der Waals surface area contributed by atoms with E-state index in [1.54, 1.807) is 0 Å².